The minimum Gasteiger partial charge on any atom is -0.471 e. The molecule has 1 aromatic heterocycles. The molecule has 1 aromatic rings. The highest BCUT2D eigenvalue weighted by Crippen LogP contribution is 2.29. The third-order valence-corrected chi connectivity index (χ3v) is 4.27. The van der Waals surface area contributed by atoms with Crippen molar-refractivity contribution in [2.45, 2.75) is 31.3 Å². The molecule has 0 aliphatic carbocycles. The smallest absolute Gasteiger partial charge is 0.255 e. The van der Waals surface area contributed by atoms with Gasteiger partial charge in [0.25, 0.3) is 11.8 Å². The Kier molecular flexibility index (Phi) is 4.68. The Hall–Kier alpha value is -1.47. The zero-order valence-electron chi connectivity index (χ0n) is 12.4. The summed E-state index contributed by atoms with van der Waals surface area (Å²) in [7, 11) is 0. The fourth-order valence-corrected chi connectivity index (χ4v) is 2.82. The summed E-state index contributed by atoms with van der Waals surface area (Å²) in [6.07, 6.45) is 1.41. The normalized spacial score (nSPS) is 23.8. The van der Waals surface area contributed by atoms with Gasteiger partial charge in [0.05, 0.1) is 18.8 Å². The molecular weight excluding hydrogens is 330 g/mol. The van der Waals surface area contributed by atoms with Gasteiger partial charge in [-0.25, -0.2) is 13.8 Å². The van der Waals surface area contributed by atoms with Gasteiger partial charge in [-0.05, 0) is 6.07 Å². The van der Waals surface area contributed by atoms with Crippen LogP contribution in [0.2, 0.25) is 5.02 Å². The van der Waals surface area contributed by atoms with Crippen LogP contribution in [0.5, 0.6) is 5.88 Å². The monoisotopic (exact) mass is 346 g/mol. The van der Waals surface area contributed by atoms with Crippen LogP contribution in [0, 0.1) is 0 Å². The maximum absolute atomic E-state index is 13.2. The van der Waals surface area contributed by atoms with Crippen LogP contribution in [0.1, 0.15) is 29.6 Å². The Morgan fingerprint density at radius 3 is 2.78 bits per heavy atom. The number of nitrogens with zero attached hydrogens (tertiary/aromatic N) is 2. The number of alkyl halides is 2. The van der Waals surface area contributed by atoms with Crippen molar-refractivity contribution >= 4 is 17.5 Å². The fourth-order valence-electron chi connectivity index (χ4n) is 2.61. The van der Waals surface area contributed by atoms with Gasteiger partial charge in [-0.3, -0.25) is 4.79 Å². The fraction of sp³-hybridized carbons (Fsp3) is 0.600. The first-order chi connectivity index (χ1) is 10.9. The standard InChI is InChI=1S/C15H17ClF2N2O3/c16-12-7-10(8-19-13(12)23-11-1-6-22-9-11)14(21)20-4-2-15(17,18)3-5-20/h7-8,11H,1-6,9H2. The van der Waals surface area contributed by atoms with E-state index in [-0.39, 0.29) is 54.4 Å². The molecule has 3 heterocycles. The first-order valence-corrected chi connectivity index (χ1v) is 7.89. The average Bonchev–Trinajstić information content (AvgIpc) is 3.02. The topological polar surface area (TPSA) is 51.7 Å². The second kappa shape index (κ2) is 6.57. The van der Waals surface area contributed by atoms with Gasteiger partial charge in [-0.15, -0.1) is 0 Å². The maximum atomic E-state index is 13.2. The van der Waals surface area contributed by atoms with Crippen LogP contribution in [-0.4, -0.2) is 54.1 Å². The van der Waals surface area contributed by atoms with Gasteiger partial charge in [0.2, 0.25) is 5.88 Å². The maximum Gasteiger partial charge on any atom is 0.255 e. The van der Waals surface area contributed by atoms with E-state index < -0.39 is 5.92 Å². The molecular formula is C15H17ClF2N2O3. The molecule has 5 nitrogen and oxygen atoms in total. The van der Waals surface area contributed by atoms with Crippen molar-refractivity contribution in [2.24, 2.45) is 0 Å². The summed E-state index contributed by atoms with van der Waals surface area (Å²) >= 11 is 6.12. The summed E-state index contributed by atoms with van der Waals surface area (Å²) in [5.74, 6) is -2.78. The molecule has 2 aliphatic rings. The Bertz CT molecular complexity index is 584. The molecule has 0 N–H and O–H groups in total. The van der Waals surface area contributed by atoms with Crippen molar-refractivity contribution in [2.75, 3.05) is 26.3 Å². The molecule has 0 aromatic carbocycles. The molecule has 8 heteroatoms. The van der Waals surface area contributed by atoms with Crippen molar-refractivity contribution in [1.82, 2.24) is 9.88 Å². The molecule has 0 saturated carbocycles. The number of carbonyl (C=O) groups excluding carboxylic acids is 1. The van der Waals surface area contributed by atoms with E-state index in [4.69, 9.17) is 21.1 Å². The second-order valence-corrected chi connectivity index (χ2v) is 6.17. The SMILES string of the molecule is O=C(c1cnc(OC2CCOC2)c(Cl)c1)N1CCC(F)(F)CC1. The van der Waals surface area contributed by atoms with Crippen LogP contribution in [0.3, 0.4) is 0 Å². The van der Waals surface area contributed by atoms with E-state index in [9.17, 15) is 13.6 Å². The van der Waals surface area contributed by atoms with Crippen LogP contribution in [0.4, 0.5) is 8.78 Å². The van der Waals surface area contributed by atoms with Crippen molar-refractivity contribution in [1.29, 1.82) is 0 Å². The zero-order valence-corrected chi connectivity index (χ0v) is 13.2. The number of carbonyl (C=O) groups is 1. The van der Waals surface area contributed by atoms with E-state index in [1.165, 1.54) is 17.2 Å². The van der Waals surface area contributed by atoms with Gasteiger partial charge in [-0.1, -0.05) is 11.6 Å². The Morgan fingerprint density at radius 1 is 1.43 bits per heavy atom. The lowest BCUT2D eigenvalue weighted by Gasteiger charge is -2.31. The molecule has 0 radical (unpaired) electrons. The molecule has 1 unspecified atom stereocenters. The van der Waals surface area contributed by atoms with E-state index in [1.807, 2.05) is 0 Å². The highest BCUT2D eigenvalue weighted by Gasteiger charge is 2.36. The lowest BCUT2D eigenvalue weighted by molar-refractivity contribution is -0.0494. The number of ether oxygens (including phenoxy) is 2. The number of pyridine rings is 1. The predicted octanol–water partition coefficient (Wildman–Crippen LogP) is 2.77. The minimum atomic E-state index is -2.69. The summed E-state index contributed by atoms with van der Waals surface area (Å²) < 4.78 is 37.1. The van der Waals surface area contributed by atoms with Crippen LogP contribution < -0.4 is 4.74 Å². The van der Waals surface area contributed by atoms with E-state index in [0.717, 1.165) is 6.42 Å². The summed E-state index contributed by atoms with van der Waals surface area (Å²) in [4.78, 5) is 17.8. The second-order valence-electron chi connectivity index (χ2n) is 5.76. The van der Waals surface area contributed by atoms with Crippen molar-refractivity contribution in [3.05, 3.63) is 22.8 Å². The number of piperidine rings is 1. The van der Waals surface area contributed by atoms with Crippen LogP contribution in [0.15, 0.2) is 12.3 Å². The van der Waals surface area contributed by atoms with E-state index in [0.29, 0.717) is 13.2 Å². The molecule has 23 heavy (non-hydrogen) atoms. The van der Waals surface area contributed by atoms with E-state index in [1.54, 1.807) is 0 Å². The van der Waals surface area contributed by atoms with E-state index in [2.05, 4.69) is 4.98 Å². The highest BCUT2D eigenvalue weighted by atomic mass is 35.5. The van der Waals surface area contributed by atoms with Gasteiger partial charge in [0.15, 0.2) is 0 Å². The number of halogens is 3. The number of amides is 1. The molecule has 3 rings (SSSR count). The molecule has 0 spiro atoms. The van der Waals surface area contributed by atoms with Crippen molar-refractivity contribution in [3.8, 4) is 5.88 Å². The molecule has 1 atom stereocenters. The molecule has 2 aliphatic heterocycles. The zero-order chi connectivity index (χ0) is 16.4. The lowest BCUT2D eigenvalue weighted by Crippen LogP contribution is -2.42. The Balaban J connectivity index is 1.66. The first kappa shape index (κ1) is 16.4. The van der Waals surface area contributed by atoms with Gasteiger partial charge < -0.3 is 14.4 Å². The number of hydrogen-bond donors (Lipinski definition) is 0. The predicted molar refractivity (Wildman–Crippen MR) is 79.2 cm³/mol. The summed E-state index contributed by atoms with van der Waals surface area (Å²) in [5, 5.41) is 0.227. The number of rotatable bonds is 3. The van der Waals surface area contributed by atoms with Gasteiger partial charge in [-0.2, -0.15) is 0 Å². The van der Waals surface area contributed by atoms with Crippen molar-refractivity contribution < 1.29 is 23.0 Å². The third-order valence-electron chi connectivity index (χ3n) is 4.00. The van der Waals surface area contributed by atoms with Gasteiger partial charge in [0, 0.05) is 38.5 Å². The van der Waals surface area contributed by atoms with Crippen molar-refractivity contribution in [3.63, 3.8) is 0 Å². The van der Waals surface area contributed by atoms with Gasteiger partial charge in [0.1, 0.15) is 11.1 Å². The van der Waals surface area contributed by atoms with Crippen LogP contribution >= 0.6 is 11.6 Å². The lowest BCUT2D eigenvalue weighted by atomic mass is 10.1. The van der Waals surface area contributed by atoms with Crippen LogP contribution in [0.25, 0.3) is 0 Å². The molecule has 126 valence electrons. The van der Waals surface area contributed by atoms with E-state index >= 15 is 0 Å². The molecule has 0 bridgehead atoms. The third kappa shape index (κ3) is 3.90. The average molecular weight is 347 g/mol. The quantitative estimate of drug-likeness (QED) is 0.844. The van der Waals surface area contributed by atoms with Gasteiger partial charge >= 0.3 is 0 Å². The summed E-state index contributed by atoms with van der Waals surface area (Å²) in [6.45, 7) is 1.18. The Labute approximate surface area is 137 Å². The minimum absolute atomic E-state index is 0.0289. The van der Waals surface area contributed by atoms with Crippen LogP contribution in [-0.2, 0) is 4.74 Å². The largest absolute Gasteiger partial charge is 0.471 e. The summed E-state index contributed by atoms with van der Waals surface area (Å²) in [6, 6.07) is 1.47. The number of hydrogen-bond acceptors (Lipinski definition) is 4. The first-order valence-electron chi connectivity index (χ1n) is 7.52. The highest BCUT2D eigenvalue weighted by molar-refractivity contribution is 6.32. The molecule has 1 amide bonds. The molecule has 2 fully saturated rings. The molecule has 2 saturated heterocycles. The Morgan fingerprint density at radius 2 is 2.17 bits per heavy atom. The number of aromatic nitrogens is 1. The number of likely N-dealkylation sites (tertiary alicyclic amines) is 1. The summed E-state index contributed by atoms with van der Waals surface area (Å²) in [5.41, 5.74) is 0.273.